The lowest BCUT2D eigenvalue weighted by molar-refractivity contribution is -0.144. The smallest absolute Gasteiger partial charge is 0.326 e. The SMILES string of the molecule is COc1ccc(C=C2SC(=S)N(C(C)C(=O)O)C2=O)cc1. The van der Waals surface area contributed by atoms with Gasteiger partial charge in [0.15, 0.2) is 0 Å². The van der Waals surface area contributed by atoms with Crippen LogP contribution in [0.2, 0.25) is 0 Å². The standard InChI is InChI=1S/C14H13NO4S2/c1-8(13(17)18)15-12(16)11(21-14(15)20)7-9-3-5-10(19-2)6-4-9/h3-8H,1-2H3,(H,17,18). The summed E-state index contributed by atoms with van der Waals surface area (Å²) in [6.45, 7) is 1.43. The molecule has 110 valence electrons. The summed E-state index contributed by atoms with van der Waals surface area (Å²) < 4.78 is 5.32. The summed E-state index contributed by atoms with van der Waals surface area (Å²) in [6.07, 6.45) is 1.69. The van der Waals surface area contributed by atoms with Crippen molar-refractivity contribution in [2.24, 2.45) is 0 Å². The van der Waals surface area contributed by atoms with E-state index in [0.717, 1.165) is 28.0 Å². The molecule has 0 saturated carbocycles. The number of hydrogen-bond donors (Lipinski definition) is 1. The highest BCUT2D eigenvalue weighted by atomic mass is 32.2. The fourth-order valence-corrected chi connectivity index (χ4v) is 3.19. The predicted octanol–water partition coefficient (Wildman–Crippen LogP) is 2.37. The van der Waals surface area contributed by atoms with Crippen LogP contribution in [0.25, 0.3) is 6.08 Å². The second-order valence-electron chi connectivity index (χ2n) is 4.34. The quantitative estimate of drug-likeness (QED) is 0.678. The first kappa shape index (κ1) is 15.5. The number of nitrogens with zero attached hydrogens (tertiary/aromatic N) is 1. The van der Waals surface area contributed by atoms with E-state index in [4.69, 9.17) is 22.1 Å². The van der Waals surface area contributed by atoms with E-state index in [-0.39, 0.29) is 10.2 Å². The molecule has 1 saturated heterocycles. The van der Waals surface area contributed by atoms with Crippen molar-refractivity contribution in [3.63, 3.8) is 0 Å². The van der Waals surface area contributed by atoms with Crippen LogP contribution >= 0.6 is 24.0 Å². The van der Waals surface area contributed by atoms with Gasteiger partial charge in [0.25, 0.3) is 5.91 Å². The van der Waals surface area contributed by atoms with Crippen molar-refractivity contribution in [1.82, 2.24) is 4.90 Å². The first-order valence-corrected chi connectivity index (χ1v) is 7.30. The minimum Gasteiger partial charge on any atom is -0.497 e. The first-order chi connectivity index (χ1) is 9.93. The maximum Gasteiger partial charge on any atom is 0.326 e. The van der Waals surface area contributed by atoms with Crippen LogP contribution < -0.4 is 4.74 Å². The third kappa shape index (κ3) is 3.25. The van der Waals surface area contributed by atoms with Crippen molar-refractivity contribution in [3.8, 4) is 5.75 Å². The maximum absolute atomic E-state index is 12.3. The topological polar surface area (TPSA) is 66.8 Å². The summed E-state index contributed by atoms with van der Waals surface area (Å²) in [4.78, 5) is 24.8. The Morgan fingerprint density at radius 3 is 2.57 bits per heavy atom. The Balaban J connectivity index is 2.25. The third-order valence-electron chi connectivity index (χ3n) is 2.98. The number of thioether (sulfide) groups is 1. The lowest BCUT2D eigenvalue weighted by Crippen LogP contribution is -2.41. The summed E-state index contributed by atoms with van der Waals surface area (Å²) in [7, 11) is 1.58. The van der Waals surface area contributed by atoms with Gasteiger partial charge in [-0.15, -0.1) is 0 Å². The molecule has 2 rings (SSSR count). The van der Waals surface area contributed by atoms with E-state index in [9.17, 15) is 9.59 Å². The number of methoxy groups -OCH3 is 1. The van der Waals surface area contributed by atoms with Gasteiger partial charge in [-0.3, -0.25) is 9.69 Å². The molecule has 1 amide bonds. The summed E-state index contributed by atoms with van der Waals surface area (Å²) in [6, 6.07) is 6.22. The Bertz CT molecular complexity index is 624. The van der Waals surface area contributed by atoms with Gasteiger partial charge in [0.2, 0.25) is 0 Å². The number of carbonyl (C=O) groups excluding carboxylic acids is 1. The van der Waals surface area contributed by atoms with Gasteiger partial charge in [0.05, 0.1) is 12.0 Å². The van der Waals surface area contributed by atoms with Gasteiger partial charge in [0.1, 0.15) is 16.1 Å². The zero-order valence-corrected chi connectivity index (χ0v) is 13.0. The number of carboxylic acid groups (broad SMARTS) is 1. The van der Waals surface area contributed by atoms with Crippen LogP contribution in [-0.4, -0.2) is 39.4 Å². The number of thiocarbonyl (C=S) groups is 1. The molecule has 1 unspecified atom stereocenters. The molecule has 0 spiro atoms. The van der Waals surface area contributed by atoms with E-state index in [2.05, 4.69) is 0 Å². The van der Waals surface area contributed by atoms with E-state index in [0.29, 0.717) is 4.91 Å². The van der Waals surface area contributed by atoms with Gasteiger partial charge in [0, 0.05) is 0 Å². The Hall–Kier alpha value is -1.86. The van der Waals surface area contributed by atoms with Crippen LogP contribution in [0, 0.1) is 0 Å². The molecule has 1 aliphatic rings. The fraction of sp³-hybridized carbons (Fsp3) is 0.214. The molecule has 7 heteroatoms. The number of ether oxygens (including phenoxy) is 1. The molecule has 1 atom stereocenters. The minimum atomic E-state index is -1.09. The Labute approximate surface area is 131 Å². The molecular weight excluding hydrogens is 310 g/mol. The van der Waals surface area contributed by atoms with Crippen molar-refractivity contribution < 1.29 is 19.4 Å². The number of benzene rings is 1. The van der Waals surface area contributed by atoms with Crippen molar-refractivity contribution in [2.75, 3.05) is 7.11 Å². The van der Waals surface area contributed by atoms with Crippen molar-refractivity contribution in [2.45, 2.75) is 13.0 Å². The normalized spacial score (nSPS) is 18.2. The monoisotopic (exact) mass is 323 g/mol. The minimum absolute atomic E-state index is 0.259. The molecular formula is C14H13NO4S2. The molecule has 1 heterocycles. The number of aliphatic carboxylic acids is 1. The lowest BCUT2D eigenvalue weighted by atomic mass is 10.2. The van der Waals surface area contributed by atoms with Crippen LogP contribution in [0.5, 0.6) is 5.75 Å². The van der Waals surface area contributed by atoms with E-state index < -0.39 is 12.0 Å². The van der Waals surface area contributed by atoms with Gasteiger partial charge >= 0.3 is 5.97 Å². The highest BCUT2D eigenvalue weighted by Gasteiger charge is 2.38. The first-order valence-electron chi connectivity index (χ1n) is 6.08. The third-order valence-corrected chi connectivity index (χ3v) is 4.31. The Morgan fingerprint density at radius 1 is 1.43 bits per heavy atom. The Morgan fingerprint density at radius 2 is 2.05 bits per heavy atom. The molecule has 1 N–H and O–H groups in total. The summed E-state index contributed by atoms with van der Waals surface area (Å²) >= 11 is 6.20. The van der Waals surface area contributed by atoms with Gasteiger partial charge in [-0.25, -0.2) is 4.79 Å². The molecule has 1 fully saturated rings. The average Bonchev–Trinajstić information content (AvgIpc) is 2.73. The molecule has 0 radical (unpaired) electrons. The highest BCUT2D eigenvalue weighted by molar-refractivity contribution is 8.26. The molecule has 5 nitrogen and oxygen atoms in total. The second-order valence-corrected chi connectivity index (χ2v) is 6.01. The van der Waals surface area contributed by atoms with Crippen molar-refractivity contribution in [1.29, 1.82) is 0 Å². The highest BCUT2D eigenvalue weighted by Crippen LogP contribution is 2.34. The number of amides is 1. The fourth-order valence-electron chi connectivity index (χ4n) is 1.78. The van der Waals surface area contributed by atoms with Crippen LogP contribution in [0.3, 0.4) is 0 Å². The number of carbonyl (C=O) groups is 2. The van der Waals surface area contributed by atoms with Gasteiger partial charge in [-0.2, -0.15) is 0 Å². The zero-order valence-electron chi connectivity index (χ0n) is 11.4. The van der Waals surface area contributed by atoms with Gasteiger partial charge in [-0.05, 0) is 30.7 Å². The second kappa shape index (κ2) is 6.28. The Kier molecular flexibility index (Phi) is 4.64. The maximum atomic E-state index is 12.3. The summed E-state index contributed by atoms with van der Waals surface area (Å²) in [5.41, 5.74) is 0.819. The number of carboxylic acids is 1. The van der Waals surface area contributed by atoms with Gasteiger partial charge < -0.3 is 9.84 Å². The largest absolute Gasteiger partial charge is 0.497 e. The van der Waals surface area contributed by atoms with Gasteiger partial charge in [-0.1, -0.05) is 36.1 Å². The molecule has 1 aromatic carbocycles. The van der Waals surface area contributed by atoms with E-state index >= 15 is 0 Å². The number of hydrogen-bond acceptors (Lipinski definition) is 5. The number of rotatable bonds is 4. The molecule has 0 aromatic heterocycles. The molecule has 0 aliphatic carbocycles. The molecule has 0 bridgehead atoms. The summed E-state index contributed by atoms with van der Waals surface area (Å²) in [5.74, 6) is -0.744. The average molecular weight is 323 g/mol. The van der Waals surface area contributed by atoms with E-state index in [1.165, 1.54) is 6.92 Å². The van der Waals surface area contributed by atoms with E-state index in [1.807, 2.05) is 12.1 Å². The van der Waals surface area contributed by atoms with E-state index in [1.54, 1.807) is 25.3 Å². The van der Waals surface area contributed by atoms with Crippen LogP contribution in [0.4, 0.5) is 0 Å². The molecule has 1 aliphatic heterocycles. The zero-order chi connectivity index (χ0) is 15.6. The predicted molar refractivity (Wildman–Crippen MR) is 85.1 cm³/mol. The van der Waals surface area contributed by atoms with Crippen LogP contribution in [0.1, 0.15) is 12.5 Å². The van der Waals surface area contributed by atoms with Crippen molar-refractivity contribution >= 4 is 46.3 Å². The summed E-state index contributed by atoms with van der Waals surface area (Å²) in [5, 5.41) is 9.02. The van der Waals surface area contributed by atoms with Crippen LogP contribution in [-0.2, 0) is 9.59 Å². The molecule has 21 heavy (non-hydrogen) atoms. The van der Waals surface area contributed by atoms with Crippen LogP contribution in [0.15, 0.2) is 29.2 Å². The van der Waals surface area contributed by atoms with Crippen molar-refractivity contribution in [3.05, 3.63) is 34.7 Å². The molecule has 1 aromatic rings. The lowest BCUT2D eigenvalue weighted by Gasteiger charge is -2.18.